The highest BCUT2D eigenvalue weighted by Crippen LogP contribution is 2.44. The summed E-state index contributed by atoms with van der Waals surface area (Å²) in [5.74, 6) is 6.49. The van der Waals surface area contributed by atoms with E-state index in [2.05, 4.69) is 26.2 Å². The SMILES string of the molecule is CCCCCCCC1CCC(c2ncc(C3CCC(C4CCC(CC)CC4)CC3)cn2)CC1. The van der Waals surface area contributed by atoms with E-state index in [-0.39, 0.29) is 0 Å². The van der Waals surface area contributed by atoms with Gasteiger partial charge in [-0.1, -0.05) is 71.6 Å². The number of hydrogen-bond donors (Lipinski definition) is 0. The molecule has 33 heavy (non-hydrogen) atoms. The molecule has 3 saturated carbocycles. The van der Waals surface area contributed by atoms with E-state index in [0.29, 0.717) is 11.8 Å². The lowest BCUT2D eigenvalue weighted by Crippen LogP contribution is -2.25. The highest BCUT2D eigenvalue weighted by atomic mass is 14.9. The second kappa shape index (κ2) is 13.2. The summed E-state index contributed by atoms with van der Waals surface area (Å²) in [6.45, 7) is 4.69. The van der Waals surface area contributed by atoms with E-state index in [9.17, 15) is 0 Å². The van der Waals surface area contributed by atoms with Gasteiger partial charge in [-0.05, 0) is 99.4 Å². The molecule has 4 rings (SSSR count). The zero-order valence-corrected chi connectivity index (χ0v) is 21.9. The molecule has 186 valence electrons. The van der Waals surface area contributed by atoms with Gasteiger partial charge >= 0.3 is 0 Å². The van der Waals surface area contributed by atoms with E-state index >= 15 is 0 Å². The Morgan fingerprint density at radius 3 is 1.76 bits per heavy atom. The Kier molecular flexibility index (Phi) is 10.1. The fourth-order valence-corrected chi connectivity index (χ4v) is 7.51. The molecule has 3 aliphatic carbocycles. The average molecular weight is 453 g/mol. The first-order chi connectivity index (χ1) is 16.3. The lowest BCUT2D eigenvalue weighted by Gasteiger charge is -2.37. The topological polar surface area (TPSA) is 25.8 Å². The number of unbranched alkanes of at least 4 members (excludes halogenated alkanes) is 4. The van der Waals surface area contributed by atoms with Crippen LogP contribution in [-0.4, -0.2) is 9.97 Å². The quantitative estimate of drug-likeness (QED) is 0.330. The van der Waals surface area contributed by atoms with Crippen molar-refractivity contribution in [1.82, 2.24) is 9.97 Å². The molecule has 0 unspecified atom stereocenters. The lowest BCUT2D eigenvalue weighted by molar-refractivity contribution is 0.158. The van der Waals surface area contributed by atoms with Crippen molar-refractivity contribution in [3.05, 3.63) is 23.8 Å². The number of aromatic nitrogens is 2. The normalized spacial score (nSPS) is 33.2. The molecule has 1 heterocycles. The largest absolute Gasteiger partial charge is 0.241 e. The molecule has 3 fully saturated rings. The Morgan fingerprint density at radius 2 is 1.15 bits per heavy atom. The van der Waals surface area contributed by atoms with Crippen molar-refractivity contribution in [2.75, 3.05) is 0 Å². The van der Waals surface area contributed by atoms with Crippen molar-refractivity contribution in [2.24, 2.45) is 23.7 Å². The Morgan fingerprint density at radius 1 is 0.606 bits per heavy atom. The summed E-state index contributed by atoms with van der Waals surface area (Å²) >= 11 is 0. The summed E-state index contributed by atoms with van der Waals surface area (Å²) in [6, 6.07) is 0. The van der Waals surface area contributed by atoms with Crippen molar-refractivity contribution < 1.29 is 0 Å². The van der Waals surface area contributed by atoms with E-state index in [0.717, 1.165) is 29.5 Å². The van der Waals surface area contributed by atoms with Gasteiger partial charge in [-0.2, -0.15) is 0 Å². The maximum atomic E-state index is 4.91. The Labute approximate surface area is 205 Å². The van der Waals surface area contributed by atoms with E-state index in [1.807, 2.05) is 0 Å². The summed E-state index contributed by atoms with van der Waals surface area (Å²) in [5, 5.41) is 0. The van der Waals surface area contributed by atoms with Gasteiger partial charge in [-0.25, -0.2) is 9.97 Å². The summed E-state index contributed by atoms with van der Waals surface area (Å²) in [7, 11) is 0. The van der Waals surface area contributed by atoms with Crippen LogP contribution >= 0.6 is 0 Å². The Bertz CT molecular complexity index is 644. The molecule has 2 heteroatoms. The predicted molar refractivity (Wildman–Crippen MR) is 141 cm³/mol. The van der Waals surface area contributed by atoms with Gasteiger partial charge in [-0.15, -0.1) is 0 Å². The molecular weight excluding hydrogens is 400 g/mol. The molecule has 0 atom stereocenters. The van der Waals surface area contributed by atoms with Crippen LogP contribution in [0.3, 0.4) is 0 Å². The monoisotopic (exact) mass is 452 g/mol. The van der Waals surface area contributed by atoms with Crippen LogP contribution in [0, 0.1) is 23.7 Å². The first kappa shape index (κ1) is 25.2. The van der Waals surface area contributed by atoms with Gasteiger partial charge in [0, 0.05) is 18.3 Å². The third-order valence-electron chi connectivity index (χ3n) is 10.00. The zero-order valence-electron chi connectivity index (χ0n) is 21.9. The highest BCUT2D eigenvalue weighted by molar-refractivity contribution is 5.14. The fraction of sp³-hybridized carbons (Fsp3) is 0.871. The summed E-state index contributed by atoms with van der Waals surface area (Å²) in [6.07, 6.45) is 31.4. The fourth-order valence-electron chi connectivity index (χ4n) is 7.51. The number of hydrogen-bond acceptors (Lipinski definition) is 2. The molecule has 0 saturated heterocycles. The first-order valence-electron chi connectivity index (χ1n) is 15.1. The molecule has 0 aliphatic heterocycles. The molecule has 1 aromatic heterocycles. The molecule has 0 bridgehead atoms. The second-order valence-electron chi connectivity index (χ2n) is 12.1. The van der Waals surface area contributed by atoms with Crippen LogP contribution in [0.25, 0.3) is 0 Å². The molecule has 0 aromatic carbocycles. The van der Waals surface area contributed by atoms with Crippen molar-refractivity contribution in [1.29, 1.82) is 0 Å². The van der Waals surface area contributed by atoms with Crippen molar-refractivity contribution in [2.45, 2.75) is 148 Å². The minimum Gasteiger partial charge on any atom is -0.241 e. The van der Waals surface area contributed by atoms with Gasteiger partial charge < -0.3 is 0 Å². The third kappa shape index (κ3) is 7.28. The van der Waals surface area contributed by atoms with E-state index in [4.69, 9.17) is 9.97 Å². The molecule has 0 spiro atoms. The summed E-state index contributed by atoms with van der Waals surface area (Å²) in [4.78, 5) is 9.83. The number of rotatable bonds is 10. The standard InChI is InChI=1S/C31H52N2/c1-3-5-6-7-8-9-25-12-16-29(17-13-25)31-32-22-30(23-33-31)28-20-18-27(19-21-28)26-14-10-24(4-2)11-15-26/h22-29H,3-21H2,1-2H3. The van der Waals surface area contributed by atoms with Gasteiger partial charge in [0.05, 0.1) is 0 Å². The highest BCUT2D eigenvalue weighted by Gasteiger charge is 2.31. The van der Waals surface area contributed by atoms with E-state index < -0.39 is 0 Å². The lowest BCUT2D eigenvalue weighted by atomic mass is 9.68. The first-order valence-corrected chi connectivity index (χ1v) is 15.1. The number of nitrogens with zero attached hydrogens (tertiary/aromatic N) is 2. The van der Waals surface area contributed by atoms with Crippen LogP contribution in [0.15, 0.2) is 12.4 Å². The van der Waals surface area contributed by atoms with Gasteiger partial charge in [-0.3, -0.25) is 0 Å². The van der Waals surface area contributed by atoms with Gasteiger partial charge in [0.2, 0.25) is 0 Å². The van der Waals surface area contributed by atoms with Crippen LogP contribution in [-0.2, 0) is 0 Å². The van der Waals surface area contributed by atoms with E-state index in [1.54, 1.807) is 0 Å². The summed E-state index contributed by atoms with van der Waals surface area (Å²) in [5.41, 5.74) is 1.42. The van der Waals surface area contributed by atoms with Crippen LogP contribution in [0.4, 0.5) is 0 Å². The predicted octanol–water partition coefficient (Wildman–Crippen LogP) is 9.60. The van der Waals surface area contributed by atoms with Gasteiger partial charge in [0.25, 0.3) is 0 Å². The maximum absolute atomic E-state index is 4.91. The van der Waals surface area contributed by atoms with E-state index in [1.165, 1.54) is 128 Å². The molecule has 0 amide bonds. The summed E-state index contributed by atoms with van der Waals surface area (Å²) < 4.78 is 0. The Balaban J connectivity index is 1.17. The zero-order chi connectivity index (χ0) is 22.9. The smallest absolute Gasteiger partial charge is 0.131 e. The van der Waals surface area contributed by atoms with Crippen LogP contribution in [0.5, 0.6) is 0 Å². The van der Waals surface area contributed by atoms with Crippen molar-refractivity contribution >= 4 is 0 Å². The molecular formula is C31H52N2. The van der Waals surface area contributed by atoms with Gasteiger partial charge in [0.15, 0.2) is 0 Å². The second-order valence-corrected chi connectivity index (χ2v) is 12.1. The molecule has 3 aliphatic rings. The molecule has 2 nitrogen and oxygen atoms in total. The van der Waals surface area contributed by atoms with Crippen LogP contribution in [0.1, 0.15) is 159 Å². The minimum absolute atomic E-state index is 0.615. The van der Waals surface area contributed by atoms with Crippen molar-refractivity contribution in [3.8, 4) is 0 Å². The average Bonchev–Trinajstić information content (AvgIpc) is 2.89. The molecule has 1 aromatic rings. The van der Waals surface area contributed by atoms with Crippen LogP contribution in [0.2, 0.25) is 0 Å². The minimum atomic E-state index is 0.615. The third-order valence-corrected chi connectivity index (χ3v) is 10.00. The van der Waals surface area contributed by atoms with Crippen molar-refractivity contribution in [3.63, 3.8) is 0 Å². The molecule has 0 N–H and O–H groups in total. The Hall–Kier alpha value is -0.920. The molecule has 0 radical (unpaired) electrons. The maximum Gasteiger partial charge on any atom is 0.131 e. The van der Waals surface area contributed by atoms with Crippen LogP contribution < -0.4 is 0 Å². The van der Waals surface area contributed by atoms with Gasteiger partial charge in [0.1, 0.15) is 5.82 Å².